The van der Waals surface area contributed by atoms with Crippen molar-refractivity contribution in [1.82, 2.24) is 20.0 Å². The number of para-hydroxylation sites is 1. The maximum atomic E-state index is 4.83. The van der Waals surface area contributed by atoms with Crippen molar-refractivity contribution in [2.75, 3.05) is 20.1 Å². The lowest BCUT2D eigenvalue weighted by molar-refractivity contribution is 0.144. The third-order valence-electron chi connectivity index (χ3n) is 4.77. The minimum Gasteiger partial charge on any atom is -0.317 e. The van der Waals surface area contributed by atoms with E-state index < -0.39 is 0 Å². The summed E-state index contributed by atoms with van der Waals surface area (Å²) in [6.07, 6.45) is 1.23. The summed E-state index contributed by atoms with van der Waals surface area (Å²) < 4.78 is 2.12. The first-order chi connectivity index (χ1) is 10.2. The van der Waals surface area contributed by atoms with Crippen LogP contribution in [0, 0.1) is 5.92 Å². The van der Waals surface area contributed by atoms with Crippen molar-refractivity contribution in [3.63, 3.8) is 0 Å². The summed E-state index contributed by atoms with van der Waals surface area (Å²) in [5, 5.41) is 9.57. The van der Waals surface area contributed by atoms with Crippen LogP contribution in [-0.4, -0.2) is 40.9 Å². The maximum absolute atomic E-state index is 4.83. The van der Waals surface area contributed by atoms with Gasteiger partial charge in [0.2, 0.25) is 0 Å². The molecule has 21 heavy (non-hydrogen) atoms. The average Bonchev–Trinajstić information content (AvgIpc) is 2.86. The fourth-order valence-electron chi connectivity index (χ4n) is 3.57. The van der Waals surface area contributed by atoms with E-state index >= 15 is 0 Å². The van der Waals surface area contributed by atoms with Gasteiger partial charge in [-0.3, -0.25) is 9.58 Å². The van der Waals surface area contributed by atoms with Gasteiger partial charge in [-0.1, -0.05) is 25.1 Å². The van der Waals surface area contributed by atoms with Gasteiger partial charge in [0.25, 0.3) is 0 Å². The maximum Gasteiger partial charge on any atom is 0.0843 e. The molecule has 0 radical (unpaired) electrons. The summed E-state index contributed by atoms with van der Waals surface area (Å²) in [5.74, 6) is 0.697. The third kappa shape index (κ3) is 2.83. The molecule has 2 heterocycles. The van der Waals surface area contributed by atoms with Crippen LogP contribution in [0.1, 0.15) is 26.0 Å². The summed E-state index contributed by atoms with van der Waals surface area (Å²) in [4.78, 5) is 2.55. The highest BCUT2D eigenvalue weighted by molar-refractivity contribution is 5.81. The molecule has 0 spiro atoms. The van der Waals surface area contributed by atoms with Crippen molar-refractivity contribution < 1.29 is 0 Å². The van der Waals surface area contributed by atoms with Gasteiger partial charge < -0.3 is 5.32 Å². The fourth-order valence-corrected chi connectivity index (χ4v) is 3.57. The number of aryl methyl sites for hydroxylation is 1. The molecule has 2 atom stereocenters. The Bertz CT molecular complexity index is 604. The van der Waals surface area contributed by atoms with E-state index in [0.29, 0.717) is 12.0 Å². The number of rotatable bonds is 4. The molecular weight excluding hydrogens is 260 g/mol. The van der Waals surface area contributed by atoms with E-state index in [2.05, 4.69) is 60.1 Å². The van der Waals surface area contributed by atoms with Crippen LogP contribution in [0.3, 0.4) is 0 Å². The first-order valence-corrected chi connectivity index (χ1v) is 8.07. The largest absolute Gasteiger partial charge is 0.317 e. The molecule has 1 aliphatic heterocycles. The monoisotopic (exact) mass is 286 g/mol. The zero-order valence-corrected chi connectivity index (χ0v) is 13.3. The second kappa shape index (κ2) is 6.16. The van der Waals surface area contributed by atoms with Gasteiger partial charge in [-0.25, -0.2) is 0 Å². The molecule has 0 bridgehead atoms. The summed E-state index contributed by atoms with van der Waals surface area (Å²) in [5.41, 5.74) is 2.48. The number of fused-ring (bicyclic) bond motifs is 1. The molecular formula is C17H26N4. The molecule has 4 nitrogen and oxygen atoms in total. The van der Waals surface area contributed by atoms with Crippen LogP contribution in [0.4, 0.5) is 0 Å². The van der Waals surface area contributed by atoms with Crippen LogP contribution in [0.2, 0.25) is 0 Å². The van der Waals surface area contributed by atoms with Gasteiger partial charge in [0.1, 0.15) is 0 Å². The number of nitrogens with zero attached hydrogens (tertiary/aromatic N) is 3. The molecule has 1 aromatic carbocycles. The van der Waals surface area contributed by atoms with Crippen molar-refractivity contribution in [3.8, 4) is 0 Å². The Morgan fingerprint density at radius 3 is 2.86 bits per heavy atom. The van der Waals surface area contributed by atoms with Crippen LogP contribution in [0.25, 0.3) is 10.9 Å². The average molecular weight is 286 g/mol. The Balaban J connectivity index is 1.79. The van der Waals surface area contributed by atoms with Crippen molar-refractivity contribution in [2.45, 2.75) is 39.4 Å². The van der Waals surface area contributed by atoms with Crippen molar-refractivity contribution in [3.05, 3.63) is 30.0 Å². The molecule has 4 heteroatoms. The van der Waals surface area contributed by atoms with Crippen LogP contribution < -0.4 is 5.32 Å². The number of aromatic nitrogens is 2. The Kier molecular flexibility index (Phi) is 4.27. The van der Waals surface area contributed by atoms with Gasteiger partial charge in [0, 0.05) is 37.6 Å². The van der Waals surface area contributed by atoms with Crippen LogP contribution in [-0.2, 0) is 13.1 Å². The van der Waals surface area contributed by atoms with Crippen LogP contribution >= 0.6 is 0 Å². The molecule has 2 unspecified atom stereocenters. The lowest BCUT2D eigenvalue weighted by atomic mass is 9.94. The molecule has 0 saturated carbocycles. The standard InChI is InChI=1S/C17H26N4/c1-4-21-17-8-6-5-7-14(17)16(19-21)12-20-10-9-15(18-3)13(2)11-20/h5-8,13,15,18H,4,9-12H2,1-3H3. The van der Waals surface area contributed by atoms with Gasteiger partial charge in [-0.05, 0) is 32.4 Å². The fraction of sp³-hybridized carbons (Fsp3) is 0.588. The van der Waals surface area contributed by atoms with E-state index in [1.165, 1.54) is 23.0 Å². The third-order valence-corrected chi connectivity index (χ3v) is 4.77. The lowest BCUT2D eigenvalue weighted by Gasteiger charge is -2.36. The Hall–Kier alpha value is -1.39. The molecule has 2 aromatic rings. The number of nitrogens with one attached hydrogen (secondary N) is 1. The van der Waals surface area contributed by atoms with Gasteiger partial charge in [-0.15, -0.1) is 0 Å². The number of hydrogen-bond acceptors (Lipinski definition) is 3. The normalized spacial score (nSPS) is 23.8. The highest BCUT2D eigenvalue weighted by atomic mass is 15.3. The number of piperidine rings is 1. The Morgan fingerprint density at radius 2 is 2.14 bits per heavy atom. The van der Waals surface area contributed by atoms with Gasteiger partial charge in [0.15, 0.2) is 0 Å². The Labute approximate surface area is 127 Å². The molecule has 114 valence electrons. The highest BCUT2D eigenvalue weighted by Gasteiger charge is 2.25. The molecule has 1 fully saturated rings. The minimum absolute atomic E-state index is 0.659. The van der Waals surface area contributed by atoms with E-state index in [9.17, 15) is 0 Å². The van der Waals surface area contributed by atoms with E-state index in [1.54, 1.807) is 0 Å². The zero-order chi connectivity index (χ0) is 14.8. The molecule has 1 saturated heterocycles. The number of hydrogen-bond donors (Lipinski definition) is 1. The quantitative estimate of drug-likeness (QED) is 0.937. The summed E-state index contributed by atoms with van der Waals surface area (Å²) in [7, 11) is 2.08. The van der Waals surface area contributed by atoms with Crippen LogP contribution in [0.15, 0.2) is 24.3 Å². The number of likely N-dealkylation sites (tertiary alicyclic amines) is 1. The summed E-state index contributed by atoms with van der Waals surface area (Å²) >= 11 is 0. The van der Waals surface area contributed by atoms with E-state index in [4.69, 9.17) is 5.10 Å². The highest BCUT2D eigenvalue weighted by Crippen LogP contribution is 2.23. The van der Waals surface area contributed by atoms with Crippen molar-refractivity contribution in [2.24, 2.45) is 5.92 Å². The second-order valence-electron chi connectivity index (χ2n) is 6.18. The van der Waals surface area contributed by atoms with Gasteiger partial charge >= 0.3 is 0 Å². The summed E-state index contributed by atoms with van der Waals surface area (Å²) in [6, 6.07) is 9.24. The SMILES string of the molecule is CCn1nc(CN2CCC(NC)C(C)C2)c2ccccc21. The van der Waals surface area contributed by atoms with E-state index in [1.807, 2.05) is 0 Å². The van der Waals surface area contributed by atoms with Gasteiger partial charge in [-0.2, -0.15) is 5.10 Å². The molecule has 3 rings (SSSR count). The minimum atomic E-state index is 0.659. The number of benzene rings is 1. The van der Waals surface area contributed by atoms with E-state index in [0.717, 1.165) is 26.2 Å². The Morgan fingerprint density at radius 1 is 1.33 bits per heavy atom. The molecule has 1 aliphatic rings. The lowest BCUT2D eigenvalue weighted by Crippen LogP contribution is -2.46. The smallest absolute Gasteiger partial charge is 0.0843 e. The predicted octanol–water partition coefficient (Wildman–Crippen LogP) is 2.49. The van der Waals surface area contributed by atoms with Gasteiger partial charge in [0.05, 0.1) is 11.2 Å². The van der Waals surface area contributed by atoms with E-state index in [-0.39, 0.29) is 0 Å². The predicted molar refractivity (Wildman–Crippen MR) is 87.3 cm³/mol. The van der Waals surface area contributed by atoms with Crippen molar-refractivity contribution >= 4 is 10.9 Å². The first kappa shape index (κ1) is 14.5. The molecule has 1 N–H and O–H groups in total. The van der Waals surface area contributed by atoms with Crippen LogP contribution in [0.5, 0.6) is 0 Å². The summed E-state index contributed by atoms with van der Waals surface area (Å²) in [6.45, 7) is 8.70. The molecule has 1 aromatic heterocycles. The zero-order valence-electron chi connectivity index (χ0n) is 13.3. The first-order valence-electron chi connectivity index (χ1n) is 8.07. The topological polar surface area (TPSA) is 33.1 Å². The second-order valence-corrected chi connectivity index (χ2v) is 6.18. The molecule has 0 aliphatic carbocycles. The van der Waals surface area contributed by atoms with Crippen molar-refractivity contribution in [1.29, 1.82) is 0 Å². The molecule has 0 amide bonds.